The lowest BCUT2D eigenvalue weighted by atomic mass is 9.98. The van der Waals surface area contributed by atoms with E-state index >= 15 is 0 Å². The van der Waals surface area contributed by atoms with Crippen LogP contribution in [0.5, 0.6) is 0 Å². The minimum atomic E-state index is -0.217. The molecule has 1 aliphatic rings. The van der Waals surface area contributed by atoms with Crippen LogP contribution in [0, 0.1) is 5.82 Å². The fourth-order valence-electron chi connectivity index (χ4n) is 2.37. The van der Waals surface area contributed by atoms with Gasteiger partial charge < -0.3 is 5.32 Å². The molecule has 4 heteroatoms. The molecule has 1 aliphatic heterocycles. The molecule has 100 valence electrons. The second-order valence-corrected chi connectivity index (χ2v) is 6.13. The largest absolute Gasteiger partial charge is 0.309 e. The van der Waals surface area contributed by atoms with E-state index in [0.717, 1.165) is 13.1 Å². The van der Waals surface area contributed by atoms with Crippen molar-refractivity contribution in [2.24, 2.45) is 0 Å². The zero-order valence-electron chi connectivity index (χ0n) is 11.1. The first kappa shape index (κ1) is 13.8. The standard InChI is InChI=1S/C14H20ClFN2/c1-10-7-17-14(2,3)9-18(10)8-11-12(15)5-4-6-13(11)16/h4-6,10,17H,7-9H2,1-3H3. The van der Waals surface area contributed by atoms with Crippen LogP contribution in [0.25, 0.3) is 0 Å². The molecule has 1 aromatic carbocycles. The lowest BCUT2D eigenvalue weighted by Crippen LogP contribution is -2.60. The van der Waals surface area contributed by atoms with Crippen molar-refractivity contribution < 1.29 is 4.39 Å². The normalized spacial score (nSPS) is 24.2. The fourth-order valence-corrected chi connectivity index (χ4v) is 2.59. The van der Waals surface area contributed by atoms with Crippen molar-refractivity contribution in [3.63, 3.8) is 0 Å². The first-order chi connectivity index (χ1) is 8.39. The number of hydrogen-bond acceptors (Lipinski definition) is 2. The quantitative estimate of drug-likeness (QED) is 0.889. The van der Waals surface area contributed by atoms with Gasteiger partial charge in [0.1, 0.15) is 5.82 Å². The van der Waals surface area contributed by atoms with Gasteiger partial charge in [-0.3, -0.25) is 4.90 Å². The average Bonchev–Trinajstić information content (AvgIpc) is 2.28. The van der Waals surface area contributed by atoms with E-state index in [1.807, 2.05) is 0 Å². The van der Waals surface area contributed by atoms with Crippen molar-refractivity contribution in [3.8, 4) is 0 Å². The van der Waals surface area contributed by atoms with Crippen molar-refractivity contribution in [1.29, 1.82) is 0 Å². The molecule has 1 atom stereocenters. The first-order valence-electron chi connectivity index (χ1n) is 6.31. The number of nitrogens with zero attached hydrogens (tertiary/aromatic N) is 1. The molecule has 1 saturated heterocycles. The molecular formula is C14H20ClFN2. The Balaban J connectivity index is 2.17. The molecule has 1 N–H and O–H groups in total. The van der Waals surface area contributed by atoms with Crippen LogP contribution in [0.1, 0.15) is 26.3 Å². The SMILES string of the molecule is CC1CNC(C)(C)CN1Cc1c(F)cccc1Cl. The molecule has 1 fully saturated rings. The molecule has 0 bridgehead atoms. The van der Waals surface area contributed by atoms with E-state index in [0.29, 0.717) is 23.2 Å². The Morgan fingerprint density at radius 2 is 2.22 bits per heavy atom. The second-order valence-electron chi connectivity index (χ2n) is 5.72. The number of halogens is 2. The van der Waals surface area contributed by atoms with E-state index in [1.54, 1.807) is 12.1 Å². The number of benzene rings is 1. The highest BCUT2D eigenvalue weighted by molar-refractivity contribution is 6.31. The summed E-state index contributed by atoms with van der Waals surface area (Å²) in [5.41, 5.74) is 0.660. The molecular weight excluding hydrogens is 251 g/mol. The summed E-state index contributed by atoms with van der Waals surface area (Å²) in [5, 5.41) is 4.00. The maximum atomic E-state index is 13.8. The summed E-state index contributed by atoms with van der Waals surface area (Å²) in [7, 11) is 0. The Morgan fingerprint density at radius 3 is 2.89 bits per heavy atom. The maximum absolute atomic E-state index is 13.8. The smallest absolute Gasteiger partial charge is 0.129 e. The molecule has 18 heavy (non-hydrogen) atoms. The summed E-state index contributed by atoms with van der Waals surface area (Å²) >= 11 is 6.09. The molecule has 1 unspecified atom stereocenters. The van der Waals surface area contributed by atoms with E-state index < -0.39 is 0 Å². The fraction of sp³-hybridized carbons (Fsp3) is 0.571. The second kappa shape index (κ2) is 5.16. The summed E-state index contributed by atoms with van der Waals surface area (Å²) in [6.07, 6.45) is 0. The summed E-state index contributed by atoms with van der Waals surface area (Å²) < 4.78 is 13.8. The van der Waals surface area contributed by atoms with Crippen molar-refractivity contribution in [2.75, 3.05) is 13.1 Å². The highest BCUT2D eigenvalue weighted by atomic mass is 35.5. The van der Waals surface area contributed by atoms with Crippen molar-refractivity contribution in [3.05, 3.63) is 34.6 Å². The molecule has 2 rings (SSSR count). The Hall–Kier alpha value is -0.640. The molecule has 0 aliphatic carbocycles. The molecule has 1 aromatic rings. The van der Waals surface area contributed by atoms with Crippen molar-refractivity contribution >= 4 is 11.6 Å². The number of piperazine rings is 1. The monoisotopic (exact) mass is 270 g/mol. The van der Waals surface area contributed by atoms with Crippen LogP contribution in [0.15, 0.2) is 18.2 Å². The van der Waals surface area contributed by atoms with Crippen LogP contribution in [-0.2, 0) is 6.54 Å². The molecule has 2 nitrogen and oxygen atoms in total. The van der Waals surface area contributed by atoms with Crippen LogP contribution >= 0.6 is 11.6 Å². The van der Waals surface area contributed by atoms with Crippen molar-refractivity contribution in [1.82, 2.24) is 10.2 Å². The molecule has 0 aromatic heterocycles. The Bertz CT molecular complexity index is 414. The number of nitrogens with one attached hydrogen (secondary N) is 1. The summed E-state index contributed by atoms with van der Waals surface area (Å²) in [6.45, 7) is 8.84. The van der Waals surface area contributed by atoms with Gasteiger partial charge in [-0.1, -0.05) is 17.7 Å². The minimum Gasteiger partial charge on any atom is -0.309 e. The molecule has 0 saturated carbocycles. The Labute approximate surface area is 113 Å². The maximum Gasteiger partial charge on any atom is 0.129 e. The molecule has 1 heterocycles. The van der Waals surface area contributed by atoms with Gasteiger partial charge in [-0.05, 0) is 32.9 Å². The Kier molecular flexibility index (Phi) is 3.95. The van der Waals surface area contributed by atoms with Gasteiger partial charge in [0.2, 0.25) is 0 Å². The topological polar surface area (TPSA) is 15.3 Å². The predicted molar refractivity (Wildman–Crippen MR) is 73.4 cm³/mol. The lowest BCUT2D eigenvalue weighted by molar-refractivity contribution is 0.0967. The lowest BCUT2D eigenvalue weighted by Gasteiger charge is -2.43. The Morgan fingerprint density at radius 1 is 1.50 bits per heavy atom. The average molecular weight is 271 g/mol. The van der Waals surface area contributed by atoms with Crippen LogP contribution < -0.4 is 5.32 Å². The van der Waals surface area contributed by atoms with Gasteiger partial charge in [-0.15, -0.1) is 0 Å². The highest BCUT2D eigenvalue weighted by Gasteiger charge is 2.30. The molecule has 0 amide bonds. The van der Waals surface area contributed by atoms with Gasteiger partial charge in [0.25, 0.3) is 0 Å². The predicted octanol–water partition coefficient (Wildman–Crippen LogP) is 3.05. The third kappa shape index (κ3) is 3.02. The van der Waals surface area contributed by atoms with Gasteiger partial charge in [-0.2, -0.15) is 0 Å². The highest BCUT2D eigenvalue weighted by Crippen LogP contribution is 2.24. The van der Waals surface area contributed by atoms with Crippen molar-refractivity contribution in [2.45, 2.75) is 38.9 Å². The number of rotatable bonds is 2. The summed E-state index contributed by atoms with van der Waals surface area (Å²) in [4.78, 5) is 2.28. The first-order valence-corrected chi connectivity index (χ1v) is 6.69. The van der Waals surface area contributed by atoms with Crippen LogP contribution in [0.3, 0.4) is 0 Å². The van der Waals surface area contributed by atoms with E-state index in [1.165, 1.54) is 6.07 Å². The van der Waals surface area contributed by atoms with Gasteiger partial charge in [0, 0.05) is 41.8 Å². The van der Waals surface area contributed by atoms with E-state index in [2.05, 4.69) is 31.0 Å². The van der Waals surface area contributed by atoms with E-state index in [-0.39, 0.29) is 11.4 Å². The zero-order valence-corrected chi connectivity index (χ0v) is 11.9. The van der Waals surface area contributed by atoms with E-state index in [9.17, 15) is 4.39 Å². The van der Waals surface area contributed by atoms with Crippen LogP contribution in [0.4, 0.5) is 4.39 Å². The molecule has 0 spiro atoms. The third-order valence-corrected chi connectivity index (χ3v) is 3.87. The van der Waals surface area contributed by atoms with Gasteiger partial charge in [0.05, 0.1) is 0 Å². The van der Waals surface area contributed by atoms with E-state index in [4.69, 9.17) is 11.6 Å². The minimum absolute atomic E-state index is 0.0598. The molecule has 0 radical (unpaired) electrons. The van der Waals surface area contributed by atoms with Gasteiger partial charge in [0.15, 0.2) is 0 Å². The third-order valence-electron chi connectivity index (χ3n) is 3.52. The van der Waals surface area contributed by atoms with Gasteiger partial charge >= 0.3 is 0 Å². The number of hydrogen-bond donors (Lipinski definition) is 1. The van der Waals surface area contributed by atoms with Crippen LogP contribution in [-0.4, -0.2) is 29.6 Å². The summed E-state index contributed by atoms with van der Waals surface area (Å²) in [6, 6.07) is 5.25. The zero-order chi connectivity index (χ0) is 13.3. The summed E-state index contributed by atoms with van der Waals surface area (Å²) in [5.74, 6) is -0.217. The van der Waals surface area contributed by atoms with Crippen LogP contribution in [0.2, 0.25) is 5.02 Å². The van der Waals surface area contributed by atoms with Gasteiger partial charge in [-0.25, -0.2) is 4.39 Å².